The zero-order valence-electron chi connectivity index (χ0n) is 110. The maximum atomic E-state index is 11.5. The van der Waals surface area contributed by atoms with E-state index in [9.17, 15) is 53.5 Å². The van der Waals surface area contributed by atoms with Crippen LogP contribution < -0.4 is 50.8 Å². The molecular weight excluding hydrogens is 1400 g/mol. The van der Waals surface area contributed by atoms with Crippen molar-refractivity contribution in [2.75, 3.05) is 0 Å². The van der Waals surface area contributed by atoms with E-state index in [-0.39, 0.29) is 17.2 Å². The molecule has 0 aliphatic heterocycles. The highest BCUT2D eigenvalue weighted by Gasteiger charge is 2.43. The van der Waals surface area contributed by atoms with Gasteiger partial charge in [0.05, 0.1) is 103 Å². The molecule has 19 aromatic rings. The minimum Gasteiger partial charge on any atom is -0.458 e. The van der Waals surface area contributed by atoms with Crippen LogP contribution in [0.15, 0.2) is 430 Å². The number of nitrogens with zero attached hydrogens (tertiary/aromatic N) is 4. The third-order valence-corrected chi connectivity index (χ3v) is 27.0. The van der Waals surface area contributed by atoms with E-state index < -0.39 is 444 Å². The van der Waals surface area contributed by atoms with Gasteiger partial charge in [-0.2, -0.15) is 0 Å². The largest absolute Gasteiger partial charge is 0.458 e. The maximum Gasteiger partial charge on any atom is 0.269 e. The Morgan fingerprint density at radius 3 is 1.34 bits per heavy atom. The molecule has 0 saturated carbocycles. The number of pyridine rings is 1. The first-order chi connectivity index (χ1) is 76.8. The second kappa shape index (κ2) is 29.5. The van der Waals surface area contributed by atoms with Crippen LogP contribution in [0.4, 0.5) is 0 Å². The molecule has 0 aliphatic carbocycles. The first kappa shape index (κ1) is 33.8. The molecule has 16 aromatic carbocycles. The van der Waals surface area contributed by atoms with Gasteiger partial charge in [-0.25, -0.2) is 4.98 Å². The second-order valence-electron chi connectivity index (χ2n) is 26.5. The van der Waals surface area contributed by atoms with Gasteiger partial charge in [-0.05, 0) is 181 Å². The topological polar surface area (TPSA) is 35.9 Å². The summed E-state index contributed by atoms with van der Waals surface area (Å²) >= 11 is 0. The summed E-state index contributed by atoms with van der Waals surface area (Å²) in [7, 11) is -13.6. The molecule has 538 valence electrons. The lowest BCUT2D eigenvalue weighted by molar-refractivity contribution is -0.571. The summed E-state index contributed by atoms with van der Waals surface area (Å²) in [5.74, 6) is 0.512. The van der Waals surface area contributed by atoms with Crippen LogP contribution in [-0.2, 0) is 5.41 Å². The van der Waals surface area contributed by atoms with Crippen LogP contribution in [0.2, 0.25) is 0 Å². The third-order valence-electron chi connectivity index (χ3n) is 19.0. The molecule has 3 aromatic heterocycles. The Hall–Kier alpha value is -13.8. The van der Waals surface area contributed by atoms with E-state index in [1.54, 1.807) is 24.4 Å². The Morgan fingerprint density at radius 2 is 0.796 bits per heavy atom. The summed E-state index contributed by atoms with van der Waals surface area (Å²) in [5.41, 5.74) is -9.93. The van der Waals surface area contributed by atoms with Crippen molar-refractivity contribution >= 4 is 90.5 Å². The normalized spacial score (nSPS) is 18.2. The lowest BCUT2D eigenvalue weighted by Crippen LogP contribution is -2.74. The van der Waals surface area contributed by atoms with E-state index in [1.807, 2.05) is 61.7 Å². The Labute approximate surface area is 734 Å². The summed E-state index contributed by atoms with van der Waals surface area (Å²) in [4.78, 5) is 4.84. The van der Waals surface area contributed by atoms with Gasteiger partial charge in [0.25, 0.3) is 6.33 Å². The van der Waals surface area contributed by atoms with Gasteiger partial charge in [-0.3, -0.25) is 13.7 Å². The molecule has 0 radical (unpaired) electrons. The van der Waals surface area contributed by atoms with Crippen LogP contribution in [0.5, 0.6) is 11.5 Å². The molecule has 19 rings (SSSR count). The van der Waals surface area contributed by atoms with Gasteiger partial charge < -0.3 is 4.74 Å². The van der Waals surface area contributed by atoms with Crippen LogP contribution >= 0.6 is 0 Å². The summed E-state index contributed by atoms with van der Waals surface area (Å²) < 4.78 is 508. The van der Waals surface area contributed by atoms with Crippen LogP contribution in [-0.4, -0.2) is 30.3 Å². The first-order valence-corrected chi connectivity index (χ1v) is 38.7. The molecule has 0 N–H and O–H groups in total. The van der Waals surface area contributed by atoms with Crippen molar-refractivity contribution in [3.63, 3.8) is 0 Å². The number of rotatable bonds is 18. The van der Waals surface area contributed by atoms with Crippen LogP contribution in [0, 0.1) is 6.33 Å². The number of hydrogen-bond acceptors (Lipinski definition) is 2. The van der Waals surface area contributed by atoms with Crippen molar-refractivity contribution in [3.8, 4) is 84.3 Å². The zero-order valence-corrected chi connectivity index (χ0v) is 61.2. The Kier molecular flexibility index (Phi) is 8.83. The lowest BCUT2D eigenvalue weighted by Gasteiger charge is -2.34. The van der Waals surface area contributed by atoms with Crippen molar-refractivity contribution in [2.24, 2.45) is 0 Å². The van der Waals surface area contributed by atoms with Gasteiger partial charge in [0.1, 0.15) is 17.3 Å². The van der Waals surface area contributed by atoms with Crippen molar-refractivity contribution in [2.45, 2.75) is 26.2 Å². The quantitative estimate of drug-likeness (QED) is 0.0371. The molecule has 0 amide bonds. The Balaban J connectivity index is 1.04. The maximum absolute atomic E-state index is 11.5. The van der Waals surface area contributed by atoms with Crippen molar-refractivity contribution in [3.05, 3.63) is 442 Å². The Bertz CT molecular complexity index is 9340. The summed E-state index contributed by atoms with van der Waals surface area (Å²) in [5, 5.41) is -8.87. The first-order valence-electron chi connectivity index (χ1n) is 60.2. The van der Waals surface area contributed by atoms with E-state index in [2.05, 4.69) is 6.33 Å². The number of benzene rings is 16. The van der Waals surface area contributed by atoms with E-state index in [1.165, 1.54) is 24.3 Å². The van der Waals surface area contributed by atoms with Gasteiger partial charge in [0.15, 0.2) is 16.1 Å². The molecule has 0 saturated heterocycles. The van der Waals surface area contributed by atoms with Crippen LogP contribution in [0.1, 0.15) is 96.2 Å². The van der Waals surface area contributed by atoms with Crippen molar-refractivity contribution < 1.29 is 79.2 Å². The number of ether oxygens (including phenoxy) is 1. The zero-order chi connectivity index (χ0) is 120. The van der Waals surface area contributed by atoms with Crippen LogP contribution in [0.3, 0.4) is 0 Å². The van der Waals surface area contributed by atoms with Crippen molar-refractivity contribution in [1.82, 2.24) is 14.1 Å². The molecule has 5 nitrogen and oxygen atoms in total. The minimum absolute atomic E-state index is 0.0933. The van der Waals surface area contributed by atoms with E-state index >= 15 is 0 Å². The average molecular weight is 1530 g/mol. The number of para-hydroxylation sites is 2. The van der Waals surface area contributed by atoms with Gasteiger partial charge in [0.2, 0.25) is 0 Å². The van der Waals surface area contributed by atoms with E-state index in [0.717, 1.165) is 56.5 Å². The molecule has 113 heavy (non-hydrogen) atoms. The molecule has 0 atom stereocenters. The summed E-state index contributed by atoms with van der Waals surface area (Å²) in [6, 6.07) is -38.3. The van der Waals surface area contributed by atoms with Gasteiger partial charge >= 0.3 is 0 Å². The number of aromatic nitrogens is 4. The third kappa shape index (κ3) is 12.7. The van der Waals surface area contributed by atoms with Gasteiger partial charge in [0, 0.05) is 23.0 Å². The summed E-state index contributed by atoms with van der Waals surface area (Å²) in [6.07, 6.45) is 4.88. The molecule has 0 fully saturated rings. The van der Waals surface area contributed by atoms with Gasteiger partial charge in [-0.1, -0.05) is 365 Å². The fourth-order valence-electron chi connectivity index (χ4n) is 14.0. The molecule has 0 spiro atoms. The smallest absolute Gasteiger partial charge is 0.269 e. The highest BCUT2D eigenvalue weighted by atomic mass is 28.3. The lowest BCUT2D eigenvalue weighted by atomic mass is 9.88. The predicted molar refractivity (Wildman–Crippen MR) is 475 cm³/mol. The van der Waals surface area contributed by atoms with Crippen molar-refractivity contribution in [1.29, 1.82) is 0 Å². The number of fused-ring (bicyclic) bond motifs is 4. The Morgan fingerprint density at radius 1 is 0.345 bits per heavy atom. The minimum atomic E-state index is -6.93. The monoisotopic (exact) mass is 1530 g/mol. The SMILES string of the molecule is [2H]c1c([2H])c([2H])c(-c2c([2H])c(-c3cccc(-c4c([2H])c([2H])c([2H])c([Si](c5c([2H])c([2H])c([2H])c([2H])c5[2H])(c5c([2H])c([2H])c([2H])c([2H])c5[2H])c5c([2H])c([2H])c([2H])c([2H])c5[2H])c4[2H])c3-[n+]3[c-]n(-c4cccc(Oc5ccc6c7ccccc7n(-c7cc(C(C)(C)C)ccn7)c6c5)c4)c4cc(-c5c([2H])c([2H])c([2H])c([Si](c6c([2H])c([2H])c([2H])c([2H])c6[2H])(c6c([2H])c([2H])c([2H])c([2H])c6[2H])c6c([2H])c([2H])c([2H])c([2H])c6[2H])c5[2H])ccc43)c([2H])c(-c3c([2H])c([2H])c([2H])c([2H])c3[2H])c2[2H])c([2H])c1[2H]. The second-order valence-corrected chi connectivity index (χ2v) is 33.5. The number of hydrogen-bond donors (Lipinski definition) is 0. The molecule has 0 aliphatic rings. The molecule has 3 heterocycles. The highest BCUT2D eigenvalue weighted by molar-refractivity contribution is 7.20. The summed E-state index contributed by atoms with van der Waals surface area (Å²) in [6.45, 7) is 6.06. The molecule has 0 bridgehead atoms. The standard InChI is InChI=1S/C106H80N4OSi2/c1-106(2,3)84-64-65-107-104(72-84)110-100-59-29-28-56-98(100)99-62-61-87(74-102(99)110)111-86-41-32-40-85(73-86)108-75-109(101-63-60-79(71-103(101)108)78-38-30-54-94(69-78)112(88-42-16-6-17-43-88,89-44-18-7-19-45-89)90-46-20-8-21-47-90)105-96(57-33-58-97(105)83-67-81(76-34-12-4-13-35-76)66-82(68-83)77-36-14-5-15-37-77)80-39-31-55-95(70-80)113(91-48-22-9-23-49-91,92-50-24-10-25-51-92)93-52-26-11-27-53-93/h4-74H,1-3H3/i4D,5D,6D,7D,8D,9D,10D,11D,12D,13D,14D,15D,16D,17D,18D,19D,20D,21D,22D,23D,24D,25D,26D,27D,30D,31D,34D,35D,36D,37D,38D,39D,42D,43D,44D,45D,46D,47D,48D,49D,50D,51D,52D,53D,54D,55D,66D,67D,68D,69D,70D. The molecular formula is C106H80N4OSi2. The number of imidazole rings is 1. The van der Waals surface area contributed by atoms with Gasteiger partial charge in [-0.15, -0.1) is 0 Å². The fraction of sp³-hybridized carbons (Fsp3) is 0.0377. The average Bonchev–Trinajstić information content (AvgIpc) is 0.740. The van der Waals surface area contributed by atoms with Crippen LogP contribution in [0.25, 0.3) is 106 Å². The van der Waals surface area contributed by atoms with E-state index in [0.29, 0.717) is 22.2 Å². The molecule has 0 unspecified atom stereocenters. The molecule has 7 heteroatoms. The van der Waals surface area contributed by atoms with E-state index in [4.69, 9.17) is 26.2 Å². The predicted octanol–water partition coefficient (Wildman–Crippen LogP) is 20.4. The fourth-order valence-corrected chi connectivity index (χ4v) is 21.1. The highest BCUT2D eigenvalue weighted by Crippen LogP contribution is 2.41.